The third-order valence-electron chi connectivity index (χ3n) is 4.78. The third-order valence-corrected chi connectivity index (χ3v) is 4.78. The Morgan fingerprint density at radius 2 is 2.04 bits per heavy atom. The Morgan fingerprint density at radius 1 is 1.26 bits per heavy atom. The van der Waals surface area contributed by atoms with Gasteiger partial charge in [0.15, 0.2) is 0 Å². The van der Waals surface area contributed by atoms with E-state index in [0.717, 1.165) is 23.4 Å². The Balaban J connectivity index is 1.45. The SMILES string of the molecule is COc1ccc(CNC(=O)CNC(=O)[C@H]2CNC[C@@H]2c2cnn(C)c2)cc1. The molecular weight excluding hydrogens is 346 g/mol. The molecule has 2 aromatic rings. The molecule has 0 saturated carbocycles. The zero-order valence-corrected chi connectivity index (χ0v) is 15.6. The van der Waals surface area contributed by atoms with Crippen LogP contribution in [0.3, 0.4) is 0 Å². The van der Waals surface area contributed by atoms with E-state index in [1.165, 1.54) is 0 Å². The minimum Gasteiger partial charge on any atom is -0.497 e. The molecule has 0 bridgehead atoms. The lowest BCUT2D eigenvalue weighted by Gasteiger charge is -2.17. The lowest BCUT2D eigenvalue weighted by Crippen LogP contribution is -2.41. The van der Waals surface area contributed by atoms with Gasteiger partial charge in [0.2, 0.25) is 11.8 Å². The van der Waals surface area contributed by atoms with Gasteiger partial charge in [-0.1, -0.05) is 12.1 Å². The van der Waals surface area contributed by atoms with Gasteiger partial charge in [-0.05, 0) is 23.3 Å². The first kappa shape index (κ1) is 18.9. The van der Waals surface area contributed by atoms with Crippen molar-refractivity contribution in [3.63, 3.8) is 0 Å². The molecule has 2 heterocycles. The summed E-state index contributed by atoms with van der Waals surface area (Å²) in [5.74, 6) is 0.298. The van der Waals surface area contributed by atoms with Crippen LogP contribution >= 0.6 is 0 Å². The highest BCUT2D eigenvalue weighted by atomic mass is 16.5. The molecule has 2 amide bonds. The Labute approximate surface area is 158 Å². The molecular formula is C19H25N5O3. The zero-order valence-electron chi connectivity index (χ0n) is 15.6. The van der Waals surface area contributed by atoms with E-state index in [0.29, 0.717) is 13.1 Å². The molecule has 27 heavy (non-hydrogen) atoms. The molecule has 1 aromatic heterocycles. The first-order chi connectivity index (χ1) is 13.1. The molecule has 3 rings (SSSR count). The zero-order chi connectivity index (χ0) is 19.2. The van der Waals surface area contributed by atoms with Crippen LogP contribution in [0, 0.1) is 5.92 Å². The lowest BCUT2D eigenvalue weighted by atomic mass is 9.90. The first-order valence-electron chi connectivity index (χ1n) is 8.93. The monoisotopic (exact) mass is 371 g/mol. The molecule has 1 saturated heterocycles. The van der Waals surface area contributed by atoms with Crippen molar-refractivity contribution in [3.05, 3.63) is 47.8 Å². The standard InChI is InChI=1S/C19H25N5O3/c1-24-12-14(8-23-24)16-9-20-10-17(16)19(26)22-11-18(25)21-7-13-3-5-15(27-2)6-4-13/h3-6,8,12,16-17,20H,7,9-11H2,1-2H3,(H,21,25)(H,22,26)/t16-,17+/m1/s1. The van der Waals surface area contributed by atoms with Gasteiger partial charge < -0.3 is 20.7 Å². The summed E-state index contributed by atoms with van der Waals surface area (Å²) in [4.78, 5) is 24.5. The molecule has 1 aliphatic heterocycles. The van der Waals surface area contributed by atoms with Crippen LogP contribution in [0.1, 0.15) is 17.0 Å². The summed E-state index contributed by atoms with van der Waals surface area (Å²) < 4.78 is 6.84. The topological polar surface area (TPSA) is 97.3 Å². The number of nitrogens with zero attached hydrogens (tertiary/aromatic N) is 2. The summed E-state index contributed by atoms with van der Waals surface area (Å²) in [6.45, 7) is 1.69. The van der Waals surface area contributed by atoms with Crippen molar-refractivity contribution in [2.75, 3.05) is 26.7 Å². The summed E-state index contributed by atoms with van der Waals surface area (Å²) in [5, 5.41) is 13.0. The Hall–Kier alpha value is -2.87. The van der Waals surface area contributed by atoms with E-state index >= 15 is 0 Å². The van der Waals surface area contributed by atoms with Gasteiger partial charge in [0.1, 0.15) is 5.75 Å². The van der Waals surface area contributed by atoms with Gasteiger partial charge in [-0.15, -0.1) is 0 Å². The third kappa shape index (κ3) is 4.85. The van der Waals surface area contributed by atoms with E-state index in [2.05, 4.69) is 21.0 Å². The number of aromatic nitrogens is 2. The van der Waals surface area contributed by atoms with Crippen molar-refractivity contribution in [1.82, 2.24) is 25.7 Å². The number of nitrogens with one attached hydrogen (secondary N) is 3. The highest BCUT2D eigenvalue weighted by Gasteiger charge is 2.34. The minimum atomic E-state index is -0.219. The van der Waals surface area contributed by atoms with Crippen LogP contribution in [-0.4, -0.2) is 48.3 Å². The highest BCUT2D eigenvalue weighted by molar-refractivity contribution is 5.86. The molecule has 8 nitrogen and oxygen atoms in total. The molecule has 3 N–H and O–H groups in total. The fraction of sp³-hybridized carbons (Fsp3) is 0.421. The number of benzene rings is 1. The molecule has 0 spiro atoms. The van der Waals surface area contributed by atoms with Crippen LogP contribution in [0.15, 0.2) is 36.7 Å². The van der Waals surface area contributed by atoms with E-state index in [1.807, 2.05) is 37.5 Å². The van der Waals surface area contributed by atoms with Gasteiger partial charge in [-0.25, -0.2) is 0 Å². The molecule has 0 unspecified atom stereocenters. The first-order valence-corrected chi connectivity index (χ1v) is 8.93. The van der Waals surface area contributed by atoms with Crippen LogP contribution in [-0.2, 0) is 23.2 Å². The maximum Gasteiger partial charge on any atom is 0.239 e. The fourth-order valence-electron chi connectivity index (χ4n) is 3.24. The second-order valence-electron chi connectivity index (χ2n) is 6.66. The van der Waals surface area contributed by atoms with Crippen molar-refractivity contribution >= 4 is 11.8 Å². The molecule has 1 aromatic carbocycles. The van der Waals surface area contributed by atoms with E-state index in [9.17, 15) is 9.59 Å². The predicted octanol–water partition coefficient (Wildman–Crippen LogP) is 0.164. The molecule has 2 atom stereocenters. The summed E-state index contributed by atoms with van der Waals surface area (Å²) in [6.07, 6.45) is 3.72. The van der Waals surface area contributed by atoms with Gasteiger partial charge in [-0.3, -0.25) is 14.3 Å². The molecule has 0 aliphatic carbocycles. The van der Waals surface area contributed by atoms with Crippen LogP contribution in [0.2, 0.25) is 0 Å². The number of amides is 2. The number of hydrogen-bond donors (Lipinski definition) is 3. The Bertz CT molecular complexity index is 787. The molecule has 1 aliphatic rings. The largest absolute Gasteiger partial charge is 0.497 e. The number of hydrogen-bond acceptors (Lipinski definition) is 5. The van der Waals surface area contributed by atoms with Gasteiger partial charge in [0.25, 0.3) is 0 Å². The van der Waals surface area contributed by atoms with E-state index in [-0.39, 0.29) is 30.2 Å². The van der Waals surface area contributed by atoms with Crippen LogP contribution in [0.4, 0.5) is 0 Å². The maximum atomic E-state index is 12.5. The lowest BCUT2D eigenvalue weighted by molar-refractivity contribution is -0.128. The van der Waals surface area contributed by atoms with Crippen molar-refractivity contribution in [1.29, 1.82) is 0 Å². The van der Waals surface area contributed by atoms with Gasteiger partial charge in [0, 0.05) is 38.8 Å². The second kappa shape index (κ2) is 8.68. The number of rotatable bonds is 7. The summed E-state index contributed by atoms with van der Waals surface area (Å²) in [6, 6.07) is 7.46. The van der Waals surface area contributed by atoms with Crippen LogP contribution in [0.25, 0.3) is 0 Å². The minimum absolute atomic E-state index is 0.0365. The normalized spacial score (nSPS) is 18.9. The van der Waals surface area contributed by atoms with Crippen molar-refractivity contribution in [2.24, 2.45) is 13.0 Å². The summed E-state index contributed by atoms with van der Waals surface area (Å²) in [5.41, 5.74) is 2.00. The molecule has 1 fully saturated rings. The predicted molar refractivity (Wildman–Crippen MR) is 100 cm³/mol. The molecule has 0 radical (unpaired) electrons. The average Bonchev–Trinajstić information content (AvgIpc) is 3.33. The van der Waals surface area contributed by atoms with Gasteiger partial charge in [-0.2, -0.15) is 5.10 Å². The van der Waals surface area contributed by atoms with Crippen molar-refractivity contribution in [3.8, 4) is 5.75 Å². The number of carbonyl (C=O) groups is 2. The number of methoxy groups -OCH3 is 1. The molecule has 8 heteroatoms. The van der Waals surface area contributed by atoms with Crippen molar-refractivity contribution < 1.29 is 14.3 Å². The molecule has 144 valence electrons. The Morgan fingerprint density at radius 3 is 2.70 bits per heavy atom. The number of aryl methyl sites for hydroxylation is 1. The average molecular weight is 371 g/mol. The van der Waals surface area contributed by atoms with Gasteiger partial charge >= 0.3 is 0 Å². The van der Waals surface area contributed by atoms with Gasteiger partial charge in [0.05, 0.1) is 25.8 Å². The van der Waals surface area contributed by atoms with Crippen LogP contribution < -0.4 is 20.7 Å². The fourth-order valence-corrected chi connectivity index (χ4v) is 3.24. The summed E-state index contributed by atoms with van der Waals surface area (Å²) in [7, 11) is 3.46. The Kier molecular flexibility index (Phi) is 6.08. The maximum absolute atomic E-state index is 12.5. The number of ether oxygens (including phenoxy) is 1. The highest BCUT2D eigenvalue weighted by Crippen LogP contribution is 2.27. The van der Waals surface area contributed by atoms with Crippen LogP contribution in [0.5, 0.6) is 5.75 Å². The number of carbonyl (C=O) groups excluding carboxylic acids is 2. The van der Waals surface area contributed by atoms with E-state index in [1.54, 1.807) is 18.0 Å². The van der Waals surface area contributed by atoms with Crippen molar-refractivity contribution in [2.45, 2.75) is 12.5 Å². The smallest absolute Gasteiger partial charge is 0.239 e. The second-order valence-corrected chi connectivity index (χ2v) is 6.66. The van der Waals surface area contributed by atoms with E-state index in [4.69, 9.17) is 4.74 Å². The van der Waals surface area contributed by atoms with E-state index < -0.39 is 0 Å². The quantitative estimate of drug-likeness (QED) is 0.644. The summed E-state index contributed by atoms with van der Waals surface area (Å²) >= 11 is 0.